The van der Waals surface area contributed by atoms with Crippen molar-refractivity contribution in [2.75, 3.05) is 19.8 Å². The lowest BCUT2D eigenvalue weighted by atomic mass is 10.0. The third-order valence-corrected chi connectivity index (χ3v) is 4.01. The monoisotopic (exact) mass is 311 g/mol. The quantitative estimate of drug-likeness (QED) is 0.877. The number of ether oxygens (including phenoxy) is 2. The van der Waals surface area contributed by atoms with Gasteiger partial charge in [-0.25, -0.2) is 0 Å². The van der Waals surface area contributed by atoms with Crippen LogP contribution in [0, 0.1) is 5.92 Å². The van der Waals surface area contributed by atoms with Gasteiger partial charge >= 0.3 is 0 Å². The Bertz CT molecular complexity index is 501. The second-order valence-corrected chi connectivity index (χ2v) is 5.56. The summed E-state index contributed by atoms with van der Waals surface area (Å²) in [5.41, 5.74) is 1.04. The Balaban J connectivity index is 1.92. The summed E-state index contributed by atoms with van der Waals surface area (Å²) in [4.78, 5) is 11.9. The molecule has 4 nitrogen and oxygen atoms in total. The van der Waals surface area contributed by atoms with Crippen molar-refractivity contribution in [3.8, 4) is 11.5 Å². The van der Waals surface area contributed by atoms with E-state index in [1.807, 2.05) is 26.0 Å². The first-order valence-electron chi connectivity index (χ1n) is 7.51. The molecule has 5 heteroatoms. The first-order chi connectivity index (χ1) is 10.2. The van der Waals surface area contributed by atoms with Crippen LogP contribution in [0.15, 0.2) is 12.1 Å². The van der Waals surface area contributed by atoms with Crippen LogP contribution in [-0.2, 0) is 11.2 Å². The molecule has 1 aromatic rings. The highest BCUT2D eigenvalue weighted by Crippen LogP contribution is 2.38. The molecule has 1 aliphatic heterocycles. The summed E-state index contributed by atoms with van der Waals surface area (Å²) in [5.74, 6) is 1.54. The van der Waals surface area contributed by atoms with Gasteiger partial charge in [0.25, 0.3) is 0 Å². The van der Waals surface area contributed by atoms with Crippen LogP contribution in [0.2, 0.25) is 5.02 Å². The molecule has 1 heterocycles. The van der Waals surface area contributed by atoms with E-state index in [4.69, 9.17) is 21.1 Å². The Morgan fingerprint density at radius 2 is 2.00 bits per heavy atom. The smallest absolute Gasteiger partial charge is 0.223 e. The summed E-state index contributed by atoms with van der Waals surface area (Å²) in [6.07, 6.45) is 2.47. The van der Waals surface area contributed by atoms with Gasteiger partial charge in [-0.3, -0.25) is 4.79 Å². The zero-order valence-corrected chi connectivity index (χ0v) is 13.3. The molecular weight excluding hydrogens is 290 g/mol. The average Bonchev–Trinajstić information content (AvgIpc) is 2.48. The topological polar surface area (TPSA) is 47.6 Å². The third kappa shape index (κ3) is 4.03. The predicted molar refractivity (Wildman–Crippen MR) is 83.2 cm³/mol. The standard InChI is InChI=1S/C16H22ClNO3/c1-3-12(4-2)16(19)18-6-5-11-9-13(17)15-14(10-11)20-7-8-21-15/h9-10,12H,3-8H2,1-2H3,(H,18,19). The molecule has 0 atom stereocenters. The normalized spacial score (nSPS) is 13.3. The number of hydrogen-bond acceptors (Lipinski definition) is 3. The molecular formula is C16H22ClNO3. The second-order valence-electron chi connectivity index (χ2n) is 5.16. The van der Waals surface area contributed by atoms with Crippen LogP contribution in [0.5, 0.6) is 11.5 Å². The molecule has 1 aliphatic rings. The summed E-state index contributed by atoms with van der Waals surface area (Å²) in [5, 5.41) is 3.54. The lowest BCUT2D eigenvalue weighted by Crippen LogP contribution is -2.31. The molecule has 0 radical (unpaired) electrons. The van der Waals surface area contributed by atoms with Crippen molar-refractivity contribution < 1.29 is 14.3 Å². The zero-order valence-electron chi connectivity index (χ0n) is 12.6. The van der Waals surface area contributed by atoms with Gasteiger partial charge in [0.05, 0.1) is 5.02 Å². The van der Waals surface area contributed by atoms with Crippen LogP contribution in [0.25, 0.3) is 0 Å². The molecule has 2 rings (SSSR count). The fourth-order valence-corrected chi connectivity index (χ4v) is 2.73. The van der Waals surface area contributed by atoms with Crippen molar-refractivity contribution >= 4 is 17.5 Å². The number of carbonyl (C=O) groups excluding carboxylic acids is 1. The molecule has 0 saturated carbocycles. The molecule has 0 unspecified atom stereocenters. The van der Waals surface area contributed by atoms with Crippen LogP contribution in [0.3, 0.4) is 0 Å². The van der Waals surface area contributed by atoms with Crippen molar-refractivity contribution in [1.82, 2.24) is 5.32 Å². The van der Waals surface area contributed by atoms with Gasteiger partial charge in [0, 0.05) is 12.5 Å². The van der Waals surface area contributed by atoms with Gasteiger partial charge in [0.2, 0.25) is 5.91 Å². The summed E-state index contributed by atoms with van der Waals surface area (Å²) in [6.45, 7) is 5.74. The fourth-order valence-electron chi connectivity index (χ4n) is 2.44. The minimum atomic E-state index is 0.105. The van der Waals surface area contributed by atoms with E-state index in [2.05, 4.69) is 5.32 Å². The zero-order chi connectivity index (χ0) is 15.2. The Labute approximate surface area is 130 Å². The SMILES string of the molecule is CCC(CC)C(=O)NCCc1cc(Cl)c2c(c1)OCCO2. The molecule has 0 aromatic heterocycles. The highest BCUT2D eigenvalue weighted by molar-refractivity contribution is 6.32. The van der Waals surface area contributed by atoms with E-state index in [-0.39, 0.29) is 11.8 Å². The minimum Gasteiger partial charge on any atom is -0.486 e. The first kappa shape index (κ1) is 16.0. The number of rotatable bonds is 6. The average molecular weight is 312 g/mol. The van der Waals surface area contributed by atoms with Gasteiger partial charge in [0.15, 0.2) is 11.5 Å². The molecule has 1 N–H and O–H groups in total. The number of carbonyl (C=O) groups is 1. The molecule has 0 bridgehead atoms. The van der Waals surface area contributed by atoms with Crippen LogP contribution in [0.1, 0.15) is 32.3 Å². The summed E-state index contributed by atoms with van der Waals surface area (Å²) in [7, 11) is 0. The van der Waals surface area contributed by atoms with E-state index < -0.39 is 0 Å². The van der Waals surface area contributed by atoms with Crippen molar-refractivity contribution in [1.29, 1.82) is 0 Å². The molecule has 0 fully saturated rings. The van der Waals surface area contributed by atoms with Gasteiger partial charge in [-0.1, -0.05) is 25.4 Å². The largest absolute Gasteiger partial charge is 0.486 e. The minimum absolute atomic E-state index is 0.105. The number of hydrogen-bond donors (Lipinski definition) is 1. The highest BCUT2D eigenvalue weighted by atomic mass is 35.5. The Morgan fingerprint density at radius 3 is 2.71 bits per heavy atom. The fraction of sp³-hybridized carbons (Fsp3) is 0.562. The molecule has 0 spiro atoms. The van der Waals surface area contributed by atoms with Crippen LogP contribution < -0.4 is 14.8 Å². The number of benzene rings is 1. The lowest BCUT2D eigenvalue weighted by molar-refractivity contribution is -0.125. The Kier molecular flexibility index (Phi) is 5.74. The predicted octanol–water partition coefficient (Wildman–Crippen LogP) is 3.21. The molecule has 0 saturated heterocycles. The number of nitrogens with one attached hydrogen (secondary N) is 1. The Hall–Kier alpha value is -1.42. The summed E-state index contributed by atoms with van der Waals surface area (Å²) < 4.78 is 11.0. The second kappa shape index (κ2) is 7.55. The Morgan fingerprint density at radius 1 is 1.29 bits per heavy atom. The van der Waals surface area contributed by atoms with Crippen molar-refractivity contribution in [3.63, 3.8) is 0 Å². The van der Waals surface area contributed by atoms with E-state index >= 15 is 0 Å². The molecule has 0 aliphatic carbocycles. The van der Waals surface area contributed by atoms with Crippen LogP contribution in [0.4, 0.5) is 0 Å². The number of fused-ring (bicyclic) bond motifs is 1. The maximum atomic E-state index is 11.9. The lowest BCUT2D eigenvalue weighted by Gasteiger charge is -2.20. The molecule has 1 aromatic carbocycles. The summed E-state index contributed by atoms with van der Waals surface area (Å²) in [6, 6.07) is 3.81. The van der Waals surface area contributed by atoms with Gasteiger partial charge < -0.3 is 14.8 Å². The van der Waals surface area contributed by atoms with Crippen LogP contribution >= 0.6 is 11.6 Å². The van der Waals surface area contributed by atoms with Crippen molar-refractivity contribution in [2.45, 2.75) is 33.1 Å². The van der Waals surface area contributed by atoms with E-state index in [9.17, 15) is 4.79 Å². The first-order valence-corrected chi connectivity index (χ1v) is 7.89. The van der Waals surface area contributed by atoms with E-state index in [0.717, 1.165) is 24.8 Å². The maximum absolute atomic E-state index is 11.9. The van der Waals surface area contributed by atoms with Gasteiger partial charge in [-0.2, -0.15) is 0 Å². The van der Waals surface area contributed by atoms with Crippen molar-refractivity contribution in [3.05, 3.63) is 22.7 Å². The third-order valence-electron chi connectivity index (χ3n) is 3.73. The maximum Gasteiger partial charge on any atom is 0.223 e. The van der Waals surface area contributed by atoms with Crippen LogP contribution in [-0.4, -0.2) is 25.7 Å². The van der Waals surface area contributed by atoms with Crippen molar-refractivity contribution in [2.24, 2.45) is 5.92 Å². The highest BCUT2D eigenvalue weighted by Gasteiger charge is 2.17. The van der Waals surface area contributed by atoms with Gasteiger partial charge in [-0.05, 0) is 37.0 Å². The number of halogens is 1. The molecule has 116 valence electrons. The number of amides is 1. The van der Waals surface area contributed by atoms with Gasteiger partial charge in [-0.15, -0.1) is 0 Å². The van der Waals surface area contributed by atoms with E-state index in [1.165, 1.54) is 0 Å². The molecule has 1 amide bonds. The van der Waals surface area contributed by atoms with E-state index in [1.54, 1.807) is 0 Å². The molecule has 21 heavy (non-hydrogen) atoms. The summed E-state index contributed by atoms with van der Waals surface area (Å²) >= 11 is 6.19. The van der Waals surface area contributed by atoms with E-state index in [0.29, 0.717) is 36.3 Å². The van der Waals surface area contributed by atoms with Gasteiger partial charge in [0.1, 0.15) is 13.2 Å².